The third-order valence-electron chi connectivity index (χ3n) is 4.75. The van der Waals surface area contributed by atoms with Crippen LogP contribution < -0.4 is 24.8 Å². The fraction of sp³-hybridized carbons (Fsp3) is 0.318. The van der Waals surface area contributed by atoms with Crippen LogP contribution in [0.5, 0.6) is 17.2 Å². The number of nitrogens with zero attached hydrogens (tertiary/aromatic N) is 1. The number of aliphatic imine (C=N–C) groups is 1. The van der Waals surface area contributed by atoms with E-state index >= 15 is 0 Å². The summed E-state index contributed by atoms with van der Waals surface area (Å²) in [7, 11) is 4.80. The third-order valence-corrected chi connectivity index (χ3v) is 4.75. The van der Waals surface area contributed by atoms with Crippen molar-refractivity contribution in [3.63, 3.8) is 0 Å². The molecule has 0 spiro atoms. The SMILES string of the molecule is C=C(C)[C@H]1NC(=NCc2cc(OC)c(OC)c(OC)c2)N[C@H]1c1ccccc1. The summed E-state index contributed by atoms with van der Waals surface area (Å²) in [5.74, 6) is 2.55. The molecule has 2 aromatic rings. The minimum Gasteiger partial charge on any atom is -0.493 e. The molecule has 0 unspecified atom stereocenters. The van der Waals surface area contributed by atoms with Gasteiger partial charge in [0.1, 0.15) is 0 Å². The number of hydrogen-bond acceptors (Lipinski definition) is 4. The van der Waals surface area contributed by atoms with Gasteiger partial charge in [-0.25, -0.2) is 4.99 Å². The lowest BCUT2D eigenvalue weighted by molar-refractivity contribution is 0.324. The van der Waals surface area contributed by atoms with Gasteiger partial charge in [-0.1, -0.05) is 42.5 Å². The Morgan fingerprint density at radius 2 is 1.64 bits per heavy atom. The summed E-state index contributed by atoms with van der Waals surface area (Å²) in [6.45, 7) is 6.62. The first-order chi connectivity index (χ1) is 13.6. The Kier molecular flexibility index (Phi) is 6.09. The van der Waals surface area contributed by atoms with E-state index in [0.717, 1.165) is 17.1 Å². The van der Waals surface area contributed by atoms with Crippen molar-refractivity contribution < 1.29 is 14.2 Å². The predicted octanol–water partition coefficient (Wildman–Crippen LogP) is 3.45. The number of benzene rings is 2. The second kappa shape index (κ2) is 8.69. The molecular weight excluding hydrogens is 354 g/mol. The number of hydrogen-bond donors (Lipinski definition) is 2. The molecule has 1 aliphatic rings. The van der Waals surface area contributed by atoms with Crippen molar-refractivity contribution in [3.8, 4) is 17.2 Å². The van der Waals surface area contributed by atoms with E-state index < -0.39 is 0 Å². The lowest BCUT2D eigenvalue weighted by Crippen LogP contribution is -2.29. The molecule has 0 amide bonds. The molecule has 6 nitrogen and oxygen atoms in total. The summed E-state index contributed by atoms with van der Waals surface area (Å²) < 4.78 is 16.2. The Hall–Kier alpha value is -3.15. The van der Waals surface area contributed by atoms with Crippen LogP contribution in [0.2, 0.25) is 0 Å². The van der Waals surface area contributed by atoms with E-state index in [1.807, 2.05) is 37.3 Å². The summed E-state index contributed by atoms with van der Waals surface area (Å²) >= 11 is 0. The molecule has 1 fully saturated rings. The minimum atomic E-state index is 0.0843. The Morgan fingerprint density at radius 1 is 1.00 bits per heavy atom. The van der Waals surface area contributed by atoms with Gasteiger partial charge in [0.05, 0.1) is 40.0 Å². The standard InChI is InChI=1S/C22H27N3O3/c1-14(2)19-20(16-9-7-6-8-10-16)25-22(24-19)23-13-15-11-17(26-3)21(28-5)18(12-15)27-4/h6-12,19-20H,1,13H2,2-5H3,(H2,23,24,25)/t19-,20+/m1/s1. The molecule has 1 heterocycles. The molecule has 148 valence electrons. The van der Waals surface area contributed by atoms with Gasteiger partial charge in [0.15, 0.2) is 17.5 Å². The van der Waals surface area contributed by atoms with E-state index in [9.17, 15) is 0 Å². The molecule has 0 bridgehead atoms. The second-order valence-electron chi connectivity index (χ2n) is 6.70. The Morgan fingerprint density at radius 3 is 2.18 bits per heavy atom. The lowest BCUT2D eigenvalue weighted by atomic mass is 9.97. The first-order valence-electron chi connectivity index (χ1n) is 9.14. The van der Waals surface area contributed by atoms with Gasteiger partial charge < -0.3 is 24.8 Å². The lowest BCUT2D eigenvalue weighted by Gasteiger charge is -2.18. The first kappa shape index (κ1) is 19.6. The van der Waals surface area contributed by atoms with Crippen LogP contribution in [-0.2, 0) is 6.54 Å². The largest absolute Gasteiger partial charge is 0.493 e. The normalized spacial score (nSPS) is 19.6. The molecule has 6 heteroatoms. The van der Waals surface area contributed by atoms with Crippen molar-refractivity contribution in [2.75, 3.05) is 21.3 Å². The summed E-state index contributed by atoms with van der Waals surface area (Å²) in [5.41, 5.74) is 3.21. The zero-order chi connectivity index (χ0) is 20.1. The highest BCUT2D eigenvalue weighted by atomic mass is 16.5. The van der Waals surface area contributed by atoms with E-state index in [-0.39, 0.29) is 12.1 Å². The van der Waals surface area contributed by atoms with E-state index in [2.05, 4.69) is 29.3 Å². The van der Waals surface area contributed by atoms with Crippen molar-refractivity contribution in [3.05, 3.63) is 65.7 Å². The van der Waals surface area contributed by atoms with Gasteiger partial charge in [0.25, 0.3) is 0 Å². The van der Waals surface area contributed by atoms with Crippen LogP contribution in [0.15, 0.2) is 59.6 Å². The molecule has 0 radical (unpaired) electrons. The number of methoxy groups -OCH3 is 3. The Balaban J connectivity index is 1.82. The van der Waals surface area contributed by atoms with Gasteiger partial charge in [-0.2, -0.15) is 0 Å². The van der Waals surface area contributed by atoms with E-state index in [1.54, 1.807) is 21.3 Å². The van der Waals surface area contributed by atoms with Crippen LogP contribution in [0, 0.1) is 0 Å². The highest BCUT2D eigenvalue weighted by Crippen LogP contribution is 2.38. The average molecular weight is 381 g/mol. The molecule has 1 aliphatic heterocycles. The van der Waals surface area contributed by atoms with Crippen LogP contribution in [0.4, 0.5) is 0 Å². The fourth-order valence-corrected chi connectivity index (χ4v) is 3.34. The van der Waals surface area contributed by atoms with Crippen molar-refractivity contribution in [2.45, 2.75) is 25.6 Å². The van der Waals surface area contributed by atoms with Crippen LogP contribution in [-0.4, -0.2) is 33.3 Å². The topological polar surface area (TPSA) is 64.1 Å². The third kappa shape index (κ3) is 4.06. The Bertz CT molecular complexity index is 840. The number of rotatable bonds is 7. The van der Waals surface area contributed by atoms with Crippen LogP contribution >= 0.6 is 0 Å². The van der Waals surface area contributed by atoms with Gasteiger partial charge in [0.2, 0.25) is 5.75 Å². The highest BCUT2D eigenvalue weighted by Gasteiger charge is 2.31. The molecule has 2 N–H and O–H groups in total. The van der Waals surface area contributed by atoms with Crippen LogP contribution in [0.1, 0.15) is 24.1 Å². The molecular formula is C22H27N3O3. The minimum absolute atomic E-state index is 0.0843. The maximum absolute atomic E-state index is 5.42. The fourth-order valence-electron chi connectivity index (χ4n) is 3.34. The smallest absolute Gasteiger partial charge is 0.203 e. The van der Waals surface area contributed by atoms with Crippen molar-refractivity contribution in [1.82, 2.24) is 10.6 Å². The van der Waals surface area contributed by atoms with Gasteiger partial charge in [-0.15, -0.1) is 0 Å². The van der Waals surface area contributed by atoms with Crippen molar-refractivity contribution >= 4 is 5.96 Å². The molecule has 2 aromatic carbocycles. The maximum Gasteiger partial charge on any atom is 0.203 e. The molecule has 3 rings (SSSR count). The zero-order valence-corrected chi connectivity index (χ0v) is 16.8. The second-order valence-corrected chi connectivity index (χ2v) is 6.70. The van der Waals surface area contributed by atoms with Crippen molar-refractivity contribution in [1.29, 1.82) is 0 Å². The van der Waals surface area contributed by atoms with Crippen molar-refractivity contribution in [2.24, 2.45) is 4.99 Å². The van der Waals surface area contributed by atoms with Crippen LogP contribution in [0.25, 0.3) is 0 Å². The molecule has 0 aliphatic carbocycles. The predicted molar refractivity (Wildman–Crippen MR) is 111 cm³/mol. The van der Waals surface area contributed by atoms with Crippen LogP contribution in [0.3, 0.4) is 0 Å². The molecule has 2 atom stereocenters. The molecule has 1 saturated heterocycles. The zero-order valence-electron chi connectivity index (χ0n) is 16.8. The molecule has 0 aromatic heterocycles. The Labute approximate surface area is 166 Å². The van der Waals surface area contributed by atoms with E-state index in [1.165, 1.54) is 5.56 Å². The average Bonchev–Trinajstić information content (AvgIpc) is 3.16. The summed E-state index contributed by atoms with van der Waals surface area (Å²) in [6.07, 6.45) is 0. The van der Waals surface area contributed by atoms with Gasteiger partial charge in [-0.3, -0.25) is 0 Å². The first-order valence-corrected chi connectivity index (χ1v) is 9.14. The highest BCUT2D eigenvalue weighted by molar-refractivity contribution is 5.84. The maximum atomic E-state index is 5.42. The quantitative estimate of drug-likeness (QED) is 0.720. The summed E-state index contributed by atoms with van der Waals surface area (Å²) in [4.78, 5) is 4.71. The summed E-state index contributed by atoms with van der Waals surface area (Å²) in [6, 6.07) is 14.3. The number of guanidine groups is 1. The summed E-state index contributed by atoms with van der Waals surface area (Å²) in [5, 5.41) is 6.92. The van der Waals surface area contributed by atoms with E-state index in [4.69, 9.17) is 19.2 Å². The number of nitrogens with one attached hydrogen (secondary N) is 2. The molecule has 0 saturated carbocycles. The van der Waals surface area contributed by atoms with Gasteiger partial charge in [0, 0.05) is 0 Å². The van der Waals surface area contributed by atoms with Gasteiger partial charge >= 0.3 is 0 Å². The monoisotopic (exact) mass is 381 g/mol. The van der Waals surface area contributed by atoms with Gasteiger partial charge in [-0.05, 0) is 30.2 Å². The number of ether oxygens (including phenoxy) is 3. The van der Waals surface area contributed by atoms with E-state index in [0.29, 0.717) is 23.8 Å². The molecule has 28 heavy (non-hydrogen) atoms.